The van der Waals surface area contributed by atoms with E-state index >= 15 is 0 Å². The number of rotatable bonds is 5. The van der Waals surface area contributed by atoms with Crippen molar-refractivity contribution >= 4 is 10.0 Å². The first kappa shape index (κ1) is 18.5. The smallest absolute Gasteiger partial charge is 0.274 e. The van der Waals surface area contributed by atoms with Crippen LogP contribution in [-0.4, -0.2) is 24.7 Å². The molecule has 2 aromatic rings. The first-order chi connectivity index (χ1) is 11.0. The van der Waals surface area contributed by atoms with Crippen molar-refractivity contribution in [3.63, 3.8) is 0 Å². The third-order valence-electron chi connectivity index (χ3n) is 3.64. The fourth-order valence-corrected chi connectivity index (χ4v) is 3.62. The van der Waals surface area contributed by atoms with Gasteiger partial charge in [0.25, 0.3) is 0 Å². The third-order valence-corrected chi connectivity index (χ3v) is 5.17. The molecule has 1 aromatic heterocycles. The Balaban J connectivity index is 2.07. The lowest BCUT2D eigenvalue weighted by Crippen LogP contribution is -2.28. The Hall–Kier alpha value is -1.87. The minimum absolute atomic E-state index is 0.0715. The van der Waals surface area contributed by atoms with Crippen LogP contribution in [0.5, 0.6) is 0 Å². The largest absolute Gasteiger partial charge is 0.416 e. The lowest BCUT2D eigenvalue weighted by atomic mass is 10.00. The van der Waals surface area contributed by atoms with Gasteiger partial charge in [-0.2, -0.15) is 18.3 Å². The first-order valence-electron chi connectivity index (χ1n) is 7.18. The van der Waals surface area contributed by atoms with Gasteiger partial charge in [0, 0.05) is 19.8 Å². The van der Waals surface area contributed by atoms with E-state index in [9.17, 15) is 21.6 Å². The van der Waals surface area contributed by atoms with Crippen molar-refractivity contribution < 1.29 is 21.6 Å². The monoisotopic (exact) mass is 361 g/mol. The molecule has 0 spiro atoms. The normalized spacial score (nSPS) is 13.9. The summed E-state index contributed by atoms with van der Waals surface area (Å²) in [5, 5.41) is 3.99. The number of halogens is 3. The van der Waals surface area contributed by atoms with Gasteiger partial charge in [-0.05, 0) is 30.5 Å². The van der Waals surface area contributed by atoms with Crippen molar-refractivity contribution in [3.05, 3.63) is 47.3 Å². The van der Waals surface area contributed by atoms with Crippen molar-refractivity contribution in [1.29, 1.82) is 0 Å². The van der Waals surface area contributed by atoms with E-state index in [1.807, 2.05) is 0 Å². The summed E-state index contributed by atoms with van der Waals surface area (Å²) in [6.45, 7) is 3.40. The summed E-state index contributed by atoms with van der Waals surface area (Å²) in [5.74, 6) is -0.279. The molecule has 0 saturated heterocycles. The third kappa shape index (κ3) is 4.15. The highest BCUT2D eigenvalue weighted by Gasteiger charge is 2.30. The van der Waals surface area contributed by atoms with Crippen LogP contribution < -0.4 is 4.72 Å². The summed E-state index contributed by atoms with van der Waals surface area (Å²) >= 11 is 0. The SMILES string of the molecule is Cc1nn(C)cc1S(=O)(=O)NCC(C)c1ccc(C(F)(F)F)cc1. The Morgan fingerprint density at radius 3 is 2.29 bits per heavy atom. The maximum Gasteiger partial charge on any atom is 0.416 e. The van der Waals surface area contributed by atoms with E-state index in [4.69, 9.17) is 0 Å². The summed E-state index contributed by atoms with van der Waals surface area (Å²) in [7, 11) is -2.10. The molecule has 1 atom stereocenters. The second-order valence-corrected chi connectivity index (χ2v) is 7.36. The summed E-state index contributed by atoms with van der Waals surface area (Å²) in [6, 6.07) is 4.70. The number of aromatic nitrogens is 2. The molecular weight excluding hydrogens is 343 g/mol. The zero-order chi connectivity index (χ0) is 18.1. The average molecular weight is 361 g/mol. The Morgan fingerprint density at radius 2 is 1.83 bits per heavy atom. The summed E-state index contributed by atoms with van der Waals surface area (Å²) in [5.41, 5.74) is 0.269. The lowest BCUT2D eigenvalue weighted by molar-refractivity contribution is -0.137. The van der Waals surface area contributed by atoms with E-state index in [0.717, 1.165) is 12.1 Å². The number of nitrogens with zero attached hydrogens (tertiary/aromatic N) is 2. The van der Waals surface area contributed by atoms with E-state index in [0.29, 0.717) is 11.3 Å². The van der Waals surface area contributed by atoms with Crippen molar-refractivity contribution in [1.82, 2.24) is 14.5 Å². The topological polar surface area (TPSA) is 64.0 Å². The van der Waals surface area contributed by atoms with Crippen LogP contribution in [0.15, 0.2) is 35.4 Å². The minimum Gasteiger partial charge on any atom is -0.274 e. The van der Waals surface area contributed by atoms with Gasteiger partial charge >= 0.3 is 6.18 Å². The van der Waals surface area contributed by atoms with Crippen LogP contribution in [0.4, 0.5) is 13.2 Å². The number of benzene rings is 1. The number of aryl methyl sites for hydroxylation is 2. The van der Waals surface area contributed by atoms with Crippen molar-refractivity contribution in [2.24, 2.45) is 7.05 Å². The van der Waals surface area contributed by atoms with Crippen molar-refractivity contribution in [3.8, 4) is 0 Å². The zero-order valence-electron chi connectivity index (χ0n) is 13.4. The molecule has 0 amide bonds. The van der Waals surface area contributed by atoms with Gasteiger partial charge in [0.05, 0.1) is 11.3 Å². The molecule has 0 aliphatic rings. The van der Waals surface area contributed by atoms with Gasteiger partial charge in [-0.15, -0.1) is 0 Å². The van der Waals surface area contributed by atoms with Gasteiger partial charge in [-0.25, -0.2) is 13.1 Å². The number of hydrogen-bond donors (Lipinski definition) is 1. The molecule has 0 fully saturated rings. The fourth-order valence-electron chi connectivity index (χ4n) is 2.27. The van der Waals surface area contributed by atoms with Gasteiger partial charge in [0.15, 0.2) is 0 Å². The van der Waals surface area contributed by atoms with E-state index in [1.54, 1.807) is 20.9 Å². The molecule has 0 aliphatic heterocycles. The number of hydrogen-bond acceptors (Lipinski definition) is 3. The molecule has 0 bridgehead atoms. The van der Waals surface area contributed by atoms with Crippen molar-refractivity contribution in [2.75, 3.05) is 6.54 Å². The quantitative estimate of drug-likeness (QED) is 0.891. The van der Waals surface area contributed by atoms with E-state index in [-0.39, 0.29) is 17.4 Å². The van der Waals surface area contributed by atoms with Crippen LogP contribution in [0, 0.1) is 6.92 Å². The number of nitrogens with one attached hydrogen (secondary N) is 1. The molecule has 9 heteroatoms. The maximum absolute atomic E-state index is 12.6. The Kier molecular flexibility index (Phi) is 5.05. The number of sulfonamides is 1. The molecular formula is C15H18F3N3O2S. The molecule has 2 rings (SSSR count). The van der Waals surface area contributed by atoms with E-state index in [2.05, 4.69) is 9.82 Å². The highest BCUT2D eigenvalue weighted by Crippen LogP contribution is 2.30. The first-order valence-corrected chi connectivity index (χ1v) is 8.66. The van der Waals surface area contributed by atoms with Crippen LogP contribution in [0.3, 0.4) is 0 Å². The van der Waals surface area contributed by atoms with Gasteiger partial charge in [0.2, 0.25) is 10.0 Å². The van der Waals surface area contributed by atoms with Crippen LogP contribution >= 0.6 is 0 Å². The molecule has 0 aliphatic carbocycles. The molecule has 5 nitrogen and oxygen atoms in total. The Labute approximate surface area is 138 Å². The predicted octanol–water partition coefficient (Wildman–Crippen LogP) is 2.83. The van der Waals surface area contributed by atoms with Gasteiger partial charge in [-0.3, -0.25) is 4.68 Å². The summed E-state index contributed by atoms with van der Waals surface area (Å²) in [6.07, 6.45) is -2.98. The standard InChI is InChI=1S/C15H18F3N3O2S/c1-10(12-4-6-13(7-5-12)15(16,17)18)8-19-24(22,23)14-9-21(3)20-11(14)2/h4-7,9-10,19H,8H2,1-3H3. The second kappa shape index (κ2) is 6.56. The molecule has 1 unspecified atom stereocenters. The predicted molar refractivity (Wildman–Crippen MR) is 83.0 cm³/mol. The highest BCUT2D eigenvalue weighted by molar-refractivity contribution is 7.89. The molecule has 0 saturated carbocycles. The van der Waals surface area contributed by atoms with E-state index < -0.39 is 21.8 Å². The van der Waals surface area contributed by atoms with Gasteiger partial charge in [0.1, 0.15) is 4.90 Å². The van der Waals surface area contributed by atoms with Crippen LogP contribution in [-0.2, 0) is 23.2 Å². The second-order valence-electron chi connectivity index (χ2n) is 5.63. The van der Waals surface area contributed by atoms with Gasteiger partial charge in [-0.1, -0.05) is 19.1 Å². The highest BCUT2D eigenvalue weighted by atomic mass is 32.2. The van der Waals surface area contributed by atoms with Crippen LogP contribution in [0.1, 0.15) is 29.7 Å². The maximum atomic E-state index is 12.6. The Morgan fingerprint density at radius 1 is 1.25 bits per heavy atom. The lowest BCUT2D eigenvalue weighted by Gasteiger charge is -2.14. The molecule has 1 heterocycles. The van der Waals surface area contributed by atoms with Crippen LogP contribution in [0.2, 0.25) is 0 Å². The minimum atomic E-state index is -4.39. The summed E-state index contributed by atoms with van der Waals surface area (Å²) < 4.78 is 66.1. The zero-order valence-corrected chi connectivity index (χ0v) is 14.2. The molecule has 132 valence electrons. The van der Waals surface area contributed by atoms with Crippen molar-refractivity contribution in [2.45, 2.75) is 30.8 Å². The average Bonchev–Trinajstić information content (AvgIpc) is 2.84. The number of alkyl halides is 3. The summed E-state index contributed by atoms with van der Waals surface area (Å²) in [4.78, 5) is 0.0876. The molecule has 0 radical (unpaired) electrons. The van der Waals surface area contributed by atoms with Gasteiger partial charge < -0.3 is 0 Å². The Bertz CT molecular complexity index is 811. The fraction of sp³-hybridized carbons (Fsp3) is 0.400. The van der Waals surface area contributed by atoms with Crippen LogP contribution in [0.25, 0.3) is 0 Å². The molecule has 24 heavy (non-hydrogen) atoms. The molecule has 1 aromatic carbocycles. The van der Waals surface area contributed by atoms with E-state index in [1.165, 1.54) is 23.0 Å². The molecule has 1 N–H and O–H groups in total.